The van der Waals surface area contributed by atoms with E-state index in [1.165, 1.54) is 5.19 Å². The van der Waals surface area contributed by atoms with Crippen LogP contribution in [-0.2, 0) is 0 Å². The molecule has 0 saturated heterocycles. The van der Waals surface area contributed by atoms with Gasteiger partial charge in [-0.1, -0.05) is 42.4 Å². The van der Waals surface area contributed by atoms with Crippen LogP contribution in [0.4, 0.5) is 0 Å². The predicted octanol–water partition coefficient (Wildman–Crippen LogP) is -0.448. The smallest absolute Gasteiger partial charge is 0.125 e. The summed E-state index contributed by atoms with van der Waals surface area (Å²) in [7, 11) is -0.244. The monoisotopic (exact) mass is 180 g/mol. The molecule has 2 N–H and O–H groups in total. The summed E-state index contributed by atoms with van der Waals surface area (Å²) < 4.78 is 0. The molecule has 0 bridgehead atoms. The molecule has 12 heavy (non-hydrogen) atoms. The van der Waals surface area contributed by atoms with Crippen molar-refractivity contribution in [1.82, 2.24) is 10.3 Å². The Balaban J connectivity index is 2.16. The molecule has 0 aromatic heterocycles. The van der Waals surface area contributed by atoms with Gasteiger partial charge in [-0.2, -0.15) is 0 Å². The van der Waals surface area contributed by atoms with Gasteiger partial charge in [-0.05, 0) is 6.54 Å². The lowest BCUT2D eigenvalue weighted by Gasteiger charge is -2.03. The van der Waals surface area contributed by atoms with Gasteiger partial charge >= 0.3 is 0 Å². The first-order valence-electron chi connectivity index (χ1n) is 4.39. The van der Waals surface area contributed by atoms with E-state index in [0.29, 0.717) is 0 Å². The Morgan fingerprint density at radius 1 is 1.25 bits per heavy atom. The van der Waals surface area contributed by atoms with Gasteiger partial charge in [0.2, 0.25) is 0 Å². The second-order valence-electron chi connectivity index (χ2n) is 2.69. The van der Waals surface area contributed by atoms with Crippen molar-refractivity contribution in [3.05, 3.63) is 30.3 Å². The fraction of sp³-hybridized carbons (Fsp3) is 0.333. The average molecular weight is 180 g/mol. The van der Waals surface area contributed by atoms with Gasteiger partial charge in [0.25, 0.3) is 0 Å². The molecule has 0 aliphatic rings. The Morgan fingerprint density at radius 3 is 2.67 bits per heavy atom. The molecule has 0 saturated carbocycles. The van der Waals surface area contributed by atoms with E-state index < -0.39 is 0 Å². The zero-order valence-electron chi connectivity index (χ0n) is 7.51. The molecule has 1 aromatic carbocycles. The summed E-state index contributed by atoms with van der Waals surface area (Å²) in [5.74, 6) is 0. The molecule has 1 rings (SSSR count). The maximum absolute atomic E-state index is 3.43. The standard InChI is InChI=1S/C9H16N2Si/c1-2-10-8-11-12-9-6-4-3-5-7-9/h3-7,10-11H,2,8,12H2,1H3. The summed E-state index contributed by atoms with van der Waals surface area (Å²) in [6.07, 6.45) is 0. The SMILES string of the molecule is CCNCN[SiH2]c1ccccc1. The first-order chi connectivity index (χ1) is 5.93. The Labute approximate surface area is 76.3 Å². The summed E-state index contributed by atoms with van der Waals surface area (Å²) in [5.41, 5.74) is 0. The summed E-state index contributed by atoms with van der Waals surface area (Å²) in [4.78, 5) is 3.43. The third-order valence-corrected chi connectivity index (χ3v) is 3.05. The second-order valence-corrected chi connectivity index (χ2v) is 4.36. The third-order valence-electron chi connectivity index (χ3n) is 1.67. The van der Waals surface area contributed by atoms with Crippen molar-refractivity contribution in [1.29, 1.82) is 0 Å². The van der Waals surface area contributed by atoms with Crippen molar-refractivity contribution in [2.24, 2.45) is 0 Å². The van der Waals surface area contributed by atoms with Crippen LogP contribution < -0.4 is 15.5 Å². The van der Waals surface area contributed by atoms with Crippen LogP contribution in [0.15, 0.2) is 30.3 Å². The van der Waals surface area contributed by atoms with Crippen molar-refractivity contribution >= 4 is 14.9 Å². The van der Waals surface area contributed by atoms with Crippen LogP contribution in [0, 0.1) is 0 Å². The molecule has 66 valence electrons. The highest BCUT2D eigenvalue weighted by atomic mass is 28.2. The molecular formula is C9H16N2Si. The maximum Gasteiger partial charge on any atom is 0.125 e. The lowest BCUT2D eigenvalue weighted by Crippen LogP contribution is -2.37. The van der Waals surface area contributed by atoms with E-state index in [9.17, 15) is 0 Å². The molecule has 2 nitrogen and oxygen atoms in total. The minimum Gasteiger partial charge on any atom is -0.327 e. The quantitative estimate of drug-likeness (QED) is 0.364. The zero-order chi connectivity index (χ0) is 8.65. The van der Waals surface area contributed by atoms with Gasteiger partial charge in [-0.15, -0.1) is 0 Å². The van der Waals surface area contributed by atoms with Gasteiger partial charge in [-0.3, -0.25) is 0 Å². The number of benzene rings is 1. The van der Waals surface area contributed by atoms with Crippen molar-refractivity contribution in [3.8, 4) is 0 Å². The Bertz CT molecular complexity index is 201. The minimum atomic E-state index is -0.244. The third kappa shape index (κ3) is 3.66. The van der Waals surface area contributed by atoms with Gasteiger partial charge in [0.15, 0.2) is 0 Å². The molecule has 0 fully saturated rings. The van der Waals surface area contributed by atoms with Crippen LogP contribution in [0.3, 0.4) is 0 Å². The van der Waals surface area contributed by atoms with Crippen LogP contribution in [0.2, 0.25) is 0 Å². The lowest BCUT2D eigenvalue weighted by molar-refractivity contribution is 0.705. The molecule has 3 heteroatoms. The first-order valence-corrected chi connectivity index (χ1v) is 5.80. The Morgan fingerprint density at radius 2 is 2.00 bits per heavy atom. The number of hydrogen-bond acceptors (Lipinski definition) is 2. The molecule has 1 aromatic rings. The predicted molar refractivity (Wildman–Crippen MR) is 56.3 cm³/mol. The molecular weight excluding hydrogens is 164 g/mol. The van der Waals surface area contributed by atoms with E-state index in [0.717, 1.165) is 13.2 Å². The number of rotatable bonds is 5. The molecule has 0 spiro atoms. The van der Waals surface area contributed by atoms with Gasteiger partial charge in [0.1, 0.15) is 9.68 Å². The van der Waals surface area contributed by atoms with Crippen molar-refractivity contribution < 1.29 is 0 Å². The fourth-order valence-electron chi connectivity index (χ4n) is 1.02. The Hall–Kier alpha value is -0.643. The van der Waals surface area contributed by atoms with E-state index in [1.54, 1.807) is 0 Å². The van der Waals surface area contributed by atoms with Crippen molar-refractivity contribution in [2.75, 3.05) is 13.2 Å². The summed E-state index contributed by atoms with van der Waals surface area (Å²) in [6, 6.07) is 10.6. The molecule has 0 unspecified atom stereocenters. The van der Waals surface area contributed by atoms with Gasteiger partial charge in [0, 0.05) is 6.67 Å². The second kappa shape index (κ2) is 5.94. The molecule has 0 heterocycles. The van der Waals surface area contributed by atoms with Gasteiger partial charge < -0.3 is 10.3 Å². The van der Waals surface area contributed by atoms with E-state index >= 15 is 0 Å². The first kappa shape index (κ1) is 9.44. The van der Waals surface area contributed by atoms with Crippen molar-refractivity contribution in [2.45, 2.75) is 6.92 Å². The van der Waals surface area contributed by atoms with Crippen molar-refractivity contribution in [3.63, 3.8) is 0 Å². The average Bonchev–Trinajstić information content (AvgIpc) is 2.14. The molecule has 0 atom stereocenters. The number of nitrogens with one attached hydrogen (secondary N) is 2. The lowest BCUT2D eigenvalue weighted by atomic mass is 10.4. The van der Waals surface area contributed by atoms with Gasteiger partial charge in [0.05, 0.1) is 0 Å². The van der Waals surface area contributed by atoms with Crippen LogP contribution in [0.5, 0.6) is 0 Å². The highest BCUT2D eigenvalue weighted by Gasteiger charge is 1.89. The molecule has 0 radical (unpaired) electrons. The topological polar surface area (TPSA) is 24.1 Å². The van der Waals surface area contributed by atoms with E-state index in [-0.39, 0.29) is 9.68 Å². The van der Waals surface area contributed by atoms with Gasteiger partial charge in [-0.25, -0.2) is 0 Å². The Kier molecular flexibility index (Phi) is 4.67. The zero-order valence-corrected chi connectivity index (χ0v) is 8.92. The van der Waals surface area contributed by atoms with E-state index in [1.807, 2.05) is 0 Å². The highest BCUT2D eigenvalue weighted by molar-refractivity contribution is 6.50. The fourth-order valence-corrected chi connectivity index (χ4v) is 2.11. The summed E-state index contributed by atoms with van der Waals surface area (Å²) in [5, 5.41) is 4.71. The highest BCUT2D eigenvalue weighted by Crippen LogP contribution is 1.78. The van der Waals surface area contributed by atoms with E-state index in [2.05, 4.69) is 47.6 Å². The minimum absolute atomic E-state index is 0.244. The molecule has 0 aliphatic heterocycles. The van der Waals surface area contributed by atoms with Crippen LogP contribution in [0.25, 0.3) is 0 Å². The molecule has 0 amide bonds. The number of hydrogen-bond donors (Lipinski definition) is 2. The summed E-state index contributed by atoms with van der Waals surface area (Å²) >= 11 is 0. The van der Waals surface area contributed by atoms with Crippen LogP contribution >= 0.6 is 0 Å². The summed E-state index contributed by atoms with van der Waals surface area (Å²) in [6.45, 7) is 4.10. The normalized spacial score (nSPS) is 11.1. The molecule has 0 aliphatic carbocycles. The maximum atomic E-state index is 3.43. The van der Waals surface area contributed by atoms with Crippen LogP contribution in [-0.4, -0.2) is 22.9 Å². The van der Waals surface area contributed by atoms with E-state index in [4.69, 9.17) is 0 Å². The largest absolute Gasteiger partial charge is 0.327 e. The van der Waals surface area contributed by atoms with Crippen LogP contribution in [0.1, 0.15) is 6.92 Å².